The van der Waals surface area contributed by atoms with Gasteiger partial charge in [-0.25, -0.2) is 20.3 Å². The van der Waals surface area contributed by atoms with E-state index < -0.39 is 17.8 Å². The van der Waals surface area contributed by atoms with E-state index in [9.17, 15) is 18.0 Å². The van der Waals surface area contributed by atoms with Crippen molar-refractivity contribution in [2.75, 3.05) is 10.6 Å². The highest BCUT2D eigenvalue weighted by Crippen LogP contribution is 2.30. The lowest BCUT2D eigenvalue weighted by Gasteiger charge is -2.11. The molecule has 0 aliphatic heterocycles. The van der Waals surface area contributed by atoms with Crippen molar-refractivity contribution in [3.8, 4) is 0 Å². The highest BCUT2D eigenvalue weighted by Gasteiger charge is 2.30. The van der Waals surface area contributed by atoms with Crippen LogP contribution in [-0.2, 0) is 12.6 Å². The van der Waals surface area contributed by atoms with Gasteiger partial charge in [-0.3, -0.25) is 0 Å². The van der Waals surface area contributed by atoms with Gasteiger partial charge in [0.2, 0.25) is 0 Å². The largest absolute Gasteiger partial charge is 0.416 e. The zero-order chi connectivity index (χ0) is 20.9. The summed E-state index contributed by atoms with van der Waals surface area (Å²) in [5.41, 5.74) is 8.23. The summed E-state index contributed by atoms with van der Waals surface area (Å²) in [6.07, 6.45) is -2.66. The van der Waals surface area contributed by atoms with E-state index in [1.54, 1.807) is 30.3 Å². The van der Waals surface area contributed by atoms with E-state index in [2.05, 4.69) is 25.7 Å². The van der Waals surface area contributed by atoms with E-state index in [4.69, 9.17) is 5.53 Å². The molecule has 0 aliphatic rings. The molecular weight excluding hydrogens is 385 g/mol. The van der Waals surface area contributed by atoms with Crippen LogP contribution in [0.2, 0.25) is 0 Å². The summed E-state index contributed by atoms with van der Waals surface area (Å²) < 4.78 is 38.2. The molecule has 7 nitrogen and oxygen atoms in total. The number of aromatic nitrogens is 2. The molecule has 0 bridgehead atoms. The van der Waals surface area contributed by atoms with Crippen LogP contribution in [-0.4, -0.2) is 16.0 Å². The van der Waals surface area contributed by atoms with Gasteiger partial charge in [0.1, 0.15) is 6.33 Å². The van der Waals surface area contributed by atoms with Crippen LogP contribution in [0.4, 0.5) is 35.2 Å². The third kappa shape index (κ3) is 5.58. The highest BCUT2D eigenvalue weighted by atomic mass is 19.4. The van der Waals surface area contributed by atoms with Gasteiger partial charge < -0.3 is 10.6 Å². The molecule has 3 rings (SSSR count). The number of rotatable bonds is 5. The fourth-order valence-corrected chi connectivity index (χ4v) is 2.53. The molecule has 0 aliphatic carbocycles. The van der Waals surface area contributed by atoms with E-state index in [1.165, 1.54) is 18.5 Å². The van der Waals surface area contributed by atoms with Crippen molar-refractivity contribution in [3.63, 3.8) is 0 Å². The Hall–Kier alpha value is -3.82. The number of alkyl halides is 3. The molecule has 0 saturated carbocycles. The number of carbonyl (C=O) groups is 1. The summed E-state index contributed by atoms with van der Waals surface area (Å²) >= 11 is 0. The van der Waals surface area contributed by atoms with Crippen LogP contribution in [0.1, 0.15) is 16.8 Å². The molecule has 0 saturated heterocycles. The predicted molar refractivity (Wildman–Crippen MR) is 100 cm³/mol. The number of carbonyl (C=O) groups excluding carboxylic acids is 1. The molecule has 2 amide bonds. The van der Waals surface area contributed by atoms with Crippen LogP contribution in [0.3, 0.4) is 0 Å². The number of hydrogen-bond acceptors (Lipinski definition) is 5. The Kier molecular flexibility index (Phi) is 5.82. The third-order valence-corrected chi connectivity index (χ3v) is 3.87. The highest BCUT2D eigenvalue weighted by molar-refractivity contribution is 5.99. The summed E-state index contributed by atoms with van der Waals surface area (Å²) in [4.78, 5) is 20.0. The maximum absolute atomic E-state index is 12.7. The Morgan fingerprint density at radius 2 is 1.72 bits per heavy atom. The molecule has 29 heavy (non-hydrogen) atoms. The van der Waals surface area contributed by atoms with Crippen molar-refractivity contribution in [2.45, 2.75) is 12.6 Å². The van der Waals surface area contributed by atoms with Crippen LogP contribution >= 0.6 is 0 Å². The molecule has 148 valence electrons. The van der Waals surface area contributed by atoms with E-state index in [1.807, 2.05) is 0 Å². The van der Waals surface area contributed by atoms with Crippen LogP contribution in [0.15, 0.2) is 66.0 Å². The average molecular weight is 400 g/mol. The first-order chi connectivity index (χ1) is 13.8. The van der Waals surface area contributed by atoms with Crippen molar-refractivity contribution in [3.05, 3.63) is 77.7 Å². The normalized spacial score (nSPS) is 11.0. The number of amides is 2. The van der Waals surface area contributed by atoms with Crippen LogP contribution in [0, 0.1) is 5.53 Å². The molecule has 3 aromatic rings. The fourth-order valence-electron chi connectivity index (χ4n) is 2.53. The minimum absolute atomic E-state index is 0.0355. The average Bonchev–Trinajstić information content (AvgIpc) is 2.69. The number of urea groups is 1. The molecule has 0 fully saturated rings. The van der Waals surface area contributed by atoms with Crippen molar-refractivity contribution in [1.82, 2.24) is 9.97 Å². The standard InChI is InChI=1S/C19H15F3N6O/c20-19(21,22)13-2-1-3-15(9-13)27-18(29)26-14-6-4-12(5-7-14)8-16-10-17(28-23)25-11-24-16/h1-7,9-11,23H,8H2,(H2,26,27,29). The van der Waals surface area contributed by atoms with Gasteiger partial charge in [-0.2, -0.15) is 13.2 Å². The van der Waals surface area contributed by atoms with Gasteiger partial charge in [0.15, 0.2) is 5.82 Å². The number of nitrogens with one attached hydrogen (secondary N) is 3. The summed E-state index contributed by atoms with van der Waals surface area (Å²) in [6, 6.07) is 12.2. The number of nitrogens with zero attached hydrogens (tertiary/aromatic N) is 3. The first-order valence-corrected chi connectivity index (χ1v) is 8.36. The molecule has 3 N–H and O–H groups in total. The first-order valence-electron chi connectivity index (χ1n) is 8.36. The maximum atomic E-state index is 12.7. The van der Waals surface area contributed by atoms with Gasteiger partial charge in [-0.05, 0) is 35.9 Å². The van der Waals surface area contributed by atoms with Crippen LogP contribution in [0.5, 0.6) is 0 Å². The lowest BCUT2D eigenvalue weighted by molar-refractivity contribution is -0.137. The molecule has 0 atom stereocenters. The zero-order valence-corrected chi connectivity index (χ0v) is 14.9. The Morgan fingerprint density at radius 1 is 1.00 bits per heavy atom. The summed E-state index contributed by atoms with van der Waals surface area (Å²) in [6.45, 7) is 0. The third-order valence-electron chi connectivity index (χ3n) is 3.87. The smallest absolute Gasteiger partial charge is 0.308 e. The molecule has 1 aromatic heterocycles. The Morgan fingerprint density at radius 3 is 2.41 bits per heavy atom. The van der Waals surface area contributed by atoms with Gasteiger partial charge in [0.25, 0.3) is 0 Å². The van der Waals surface area contributed by atoms with Crippen molar-refractivity contribution in [2.24, 2.45) is 5.11 Å². The van der Waals surface area contributed by atoms with E-state index >= 15 is 0 Å². The summed E-state index contributed by atoms with van der Waals surface area (Å²) in [5.74, 6) is 0.263. The second kappa shape index (κ2) is 8.46. The lowest BCUT2D eigenvalue weighted by Crippen LogP contribution is -2.19. The minimum atomic E-state index is -4.48. The van der Waals surface area contributed by atoms with Crippen LogP contribution < -0.4 is 10.6 Å². The van der Waals surface area contributed by atoms with Crippen molar-refractivity contribution in [1.29, 1.82) is 5.53 Å². The van der Waals surface area contributed by atoms with Crippen molar-refractivity contribution < 1.29 is 18.0 Å². The summed E-state index contributed by atoms with van der Waals surface area (Å²) in [7, 11) is 0. The number of hydrogen-bond donors (Lipinski definition) is 3. The molecule has 2 aromatic carbocycles. The molecular formula is C19H15F3N6O. The van der Waals surface area contributed by atoms with Gasteiger partial charge >= 0.3 is 12.2 Å². The van der Waals surface area contributed by atoms with Gasteiger partial charge in [-0.15, -0.1) is 5.11 Å². The maximum Gasteiger partial charge on any atom is 0.416 e. The zero-order valence-electron chi connectivity index (χ0n) is 14.9. The molecule has 1 heterocycles. The SMILES string of the molecule is N=Nc1cc(Cc2ccc(NC(=O)Nc3cccc(C(F)(F)F)c3)cc2)ncn1. The van der Waals surface area contributed by atoms with E-state index in [0.717, 1.165) is 17.7 Å². The van der Waals surface area contributed by atoms with Gasteiger partial charge in [-0.1, -0.05) is 18.2 Å². The molecule has 0 radical (unpaired) electrons. The fraction of sp³-hybridized carbons (Fsp3) is 0.105. The molecule has 10 heteroatoms. The summed E-state index contributed by atoms with van der Waals surface area (Å²) in [5, 5.41) is 8.19. The predicted octanol–water partition coefficient (Wildman–Crippen LogP) is 5.39. The van der Waals surface area contributed by atoms with Gasteiger partial charge in [0, 0.05) is 23.9 Å². The topological polar surface area (TPSA) is 103 Å². The monoisotopic (exact) mass is 400 g/mol. The quantitative estimate of drug-likeness (QED) is 0.500. The second-order valence-electron chi connectivity index (χ2n) is 6.01. The molecule has 0 spiro atoms. The first kappa shape index (κ1) is 19.9. The molecule has 0 unspecified atom stereocenters. The van der Waals surface area contributed by atoms with E-state index in [-0.39, 0.29) is 11.5 Å². The van der Waals surface area contributed by atoms with E-state index in [0.29, 0.717) is 17.8 Å². The lowest BCUT2D eigenvalue weighted by atomic mass is 10.1. The Bertz CT molecular complexity index is 1020. The minimum Gasteiger partial charge on any atom is -0.308 e. The number of halogens is 3. The van der Waals surface area contributed by atoms with Gasteiger partial charge in [0.05, 0.1) is 11.3 Å². The second-order valence-corrected chi connectivity index (χ2v) is 6.01. The Balaban J connectivity index is 1.60. The number of anilines is 2. The number of benzene rings is 2. The van der Waals surface area contributed by atoms with Crippen LogP contribution in [0.25, 0.3) is 0 Å². The van der Waals surface area contributed by atoms with Crippen molar-refractivity contribution >= 4 is 23.2 Å². The Labute approximate surface area is 163 Å².